The van der Waals surface area contributed by atoms with Crippen LogP contribution in [0.1, 0.15) is 29.5 Å². The average Bonchev–Trinajstić information content (AvgIpc) is 2.68. The highest BCUT2D eigenvalue weighted by atomic mass is 19.4. The molecule has 2 aliphatic rings. The van der Waals surface area contributed by atoms with Crippen molar-refractivity contribution in [2.75, 3.05) is 32.1 Å². The number of fused-ring (bicyclic) bond motifs is 1. The Kier molecular flexibility index (Phi) is 5.35. The molecule has 1 unspecified atom stereocenters. The Hall–Kier alpha value is -2.39. The summed E-state index contributed by atoms with van der Waals surface area (Å²) in [7, 11) is 2.08. The molecule has 0 radical (unpaired) electrons. The molecule has 1 aromatic heterocycles. The Morgan fingerprint density at radius 1 is 1.24 bits per heavy atom. The number of anilines is 1. The van der Waals surface area contributed by atoms with Crippen molar-refractivity contribution in [3.63, 3.8) is 0 Å². The molecule has 1 atom stereocenters. The molecule has 29 heavy (non-hydrogen) atoms. The molecule has 0 saturated carbocycles. The van der Waals surface area contributed by atoms with Gasteiger partial charge in [-0.25, -0.2) is 0 Å². The monoisotopic (exact) mass is 408 g/mol. The summed E-state index contributed by atoms with van der Waals surface area (Å²) in [5.41, 5.74) is 1.38. The lowest BCUT2D eigenvalue weighted by atomic mass is 9.97. The van der Waals surface area contributed by atoms with Crippen LogP contribution in [0.4, 0.5) is 19.0 Å². The van der Waals surface area contributed by atoms with Gasteiger partial charge >= 0.3 is 6.18 Å². The van der Waals surface area contributed by atoms with E-state index in [2.05, 4.69) is 27.5 Å². The number of phenols is 1. The first kappa shape index (κ1) is 19.9. The maximum Gasteiger partial charge on any atom is 0.416 e. The first-order chi connectivity index (χ1) is 13.8. The number of nitrogens with one attached hydrogen (secondary N) is 1. The van der Waals surface area contributed by atoms with Crippen LogP contribution in [0.5, 0.6) is 5.75 Å². The minimum atomic E-state index is -4.52. The quantitative estimate of drug-likeness (QED) is 0.811. The van der Waals surface area contributed by atoms with E-state index in [1.165, 1.54) is 6.07 Å². The fourth-order valence-electron chi connectivity index (χ4n) is 4.00. The van der Waals surface area contributed by atoms with Crippen molar-refractivity contribution in [1.29, 1.82) is 0 Å². The highest BCUT2D eigenvalue weighted by Crippen LogP contribution is 2.39. The number of piperidine rings is 1. The van der Waals surface area contributed by atoms with E-state index < -0.39 is 17.5 Å². The molecule has 1 aromatic carbocycles. The summed E-state index contributed by atoms with van der Waals surface area (Å²) in [5, 5.41) is 22.3. The van der Waals surface area contributed by atoms with Gasteiger partial charge in [-0.15, -0.1) is 10.2 Å². The summed E-state index contributed by atoms with van der Waals surface area (Å²) in [5.74, 6) is 0.218. The molecule has 0 aliphatic carbocycles. The zero-order valence-corrected chi connectivity index (χ0v) is 16.1. The van der Waals surface area contributed by atoms with Crippen molar-refractivity contribution in [2.24, 2.45) is 0 Å². The van der Waals surface area contributed by atoms with Crippen molar-refractivity contribution < 1.29 is 23.0 Å². The number of benzene rings is 1. The number of rotatable bonds is 3. The molecule has 6 nitrogen and oxygen atoms in total. The van der Waals surface area contributed by atoms with Gasteiger partial charge in [-0.1, -0.05) is 0 Å². The predicted octanol–water partition coefficient (Wildman–Crippen LogP) is 3.45. The molecule has 2 N–H and O–H groups in total. The topological polar surface area (TPSA) is 70.5 Å². The molecule has 9 heteroatoms. The summed E-state index contributed by atoms with van der Waals surface area (Å²) in [6.07, 6.45) is -1.75. The van der Waals surface area contributed by atoms with E-state index in [1.54, 1.807) is 0 Å². The second kappa shape index (κ2) is 7.79. The van der Waals surface area contributed by atoms with Gasteiger partial charge in [0.25, 0.3) is 0 Å². The van der Waals surface area contributed by atoms with E-state index in [0.29, 0.717) is 24.5 Å². The van der Waals surface area contributed by atoms with E-state index >= 15 is 0 Å². The van der Waals surface area contributed by atoms with Crippen molar-refractivity contribution in [3.05, 3.63) is 34.9 Å². The Morgan fingerprint density at radius 3 is 2.79 bits per heavy atom. The van der Waals surface area contributed by atoms with Gasteiger partial charge in [-0.3, -0.25) is 0 Å². The van der Waals surface area contributed by atoms with Gasteiger partial charge in [0.1, 0.15) is 11.4 Å². The van der Waals surface area contributed by atoms with Gasteiger partial charge in [0.2, 0.25) is 0 Å². The Balaban J connectivity index is 1.69. The zero-order chi connectivity index (χ0) is 20.6. The first-order valence-electron chi connectivity index (χ1n) is 9.65. The smallest absolute Gasteiger partial charge is 0.416 e. The lowest BCUT2D eigenvalue weighted by Gasteiger charge is -2.31. The number of hydrogen-bond acceptors (Lipinski definition) is 6. The van der Waals surface area contributed by atoms with E-state index in [1.807, 2.05) is 0 Å². The number of nitrogens with zero attached hydrogens (tertiary/aromatic N) is 3. The van der Waals surface area contributed by atoms with Crippen LogP contribution in [0.3, 0.4) is 0 Å². The molecule has 4 rings (SSSR count). The molecule has 0 amide bonds. The predicted molar refractivity (Wildman–Crippen MR) is 102 cm³/mol. The number of phenolic OH excluding ortho intramolecular Hbond substituents is 1. The third kappa shape index (κ3) is 4.16. The van der Waals surface area contributed by atoms with Crippen molar-refractivity contribution in [3.8, 4) is 17.0 Å². The summed E-state index contributed by atoms with van der Waals surface area (Å²) in [4.78, 5) is 2.26. The maximum atomic E-state index is 12.9. The Labute approximate surface area is 166 Å². The van der Waals surface area contributed by atoms with Crippen LogP contribution in [0.25, 0.3) is 11.3 Å². The highest BCUT2D eigenvalue weighted by molar-refractivity contribution is 5.73. The molecule has 0 spiro atoms. The molecule has 1 fully saturated rings. The van der Waals surface area contributed by atoms with Crippen LogP contribution >= 0.6 is 0 Å². The molecule has 1 saturated heterocycles. The number of likely N-dealkylation sites (N-methyl/N-ethyl adjacent to an activating group) is 1. The molecule has 2 aliphatic heterocycles. The van der Waals surface area contributed by atoms with Crippen LogP contribution in [-0.4, -0.2) is 53.0 Å². The number of ether oxygens (including phenoxy) is 1. The number of aromatic hydroxyl groups is 1. The summed E-state index contributed by atoms with van der Waals surface area (Å²) < 4.78 is 44.3. The molecule has 3 heterocycles. The minimum Gasteiger partial charge on any atom is -0.507 e. The van der Waals surface area contributed by atoms with Crippen LogP contribution in [0.15, 0.2) is 18.2 Å². The Morgan fingerprint density at radius 2 is 2.07 bits per heavy atom. The van der Waals surface area contributed by atoms with Gasteiger partial charge in [0, 0.05) is 29.3 Å². The Bertz CT molecular complexity index is 904. The normalized spacial score (nSPS) is 20.3. The lowest BCUT2D eigenvalue weighted by molar-refractivity contribution is -0.137. The van der Waals surface area contributed by atoms with Crippen LogP contribution in [0, 0.1) is 0 Å². The van der Waals surface area contributed by atoms with Crippen molar-refractivity contribution in [2.45, 2.75) is 38.1 Å². The van der Waals surface area contributed by atoms with Gasteiger partial charge in [0.05, 0.1) is 18.8 Å². The van der Waals surface area contributed by atoms with Crippen LogP contribution < -0.4 is 5.32 Å². The SMILES string of the molecule is CN1CCCC(Nc2nnc(-c3ccc(C(F)(F)F)cc3O)c3c2CCOC3)C1. The van der Waals surface area contributed by atoms with Gasteiger partial charge in [-0.05, 0) is 51.1 Å². The molecule has 156 valence electrons. The summed E-state index contributed by atoms with van der Waals surface area (Å²) >= 11 is 0. The fraction of sp³-hybridized carbons (Fsp3) is 0.500. The van der Waals surface area contributed by atoms with Crippen LogP contribution in [0.2, 0.25) is 0 Å². The lowest BCUT2D eigenvalue weighted by Crippen LogP contribution is -2.40. The third-order valence-corrected chi connectivity index (χ3v) is 5.47. The maximum absolute atomic E-state index is 12.9. The van der Waals surface area contributed by atoms with Crippen LogP contribution in [-0.2, 0) is 23.9 Å². The number of likely N-dealkylation sites (tertiary alicyclic amines) is 1. The number of alkyl halides is 3. The zero-order valence-electron chi connectivity index (χ0n) is 16.1. The largest absolute Gasteiger partial charge is 0.507 e. The van der Waals surface area contributed by atoms with Gasteiger partial charge < -0.3 is 20.1 Å². The average molecular weight is 408 g/mol. The van der Waals surface area contributed by atoms with E-state index in [4.69, 9.17) is 4.74 Å². The van der Waals surface area contributed by atoms with Crippen molar-refractivity contribution >= 4 is 5.82 Å². The fourth-order valence-corrected chi connectivity index (χ4v) is 4.00. The number of aromatic nitrogens is 2. The van der Waals surface area contributed by atoms with E-state index in [0.717, 1.165) is 49.2 Å². The standard InChI is InChI=1S/C20H23F3N4O2/c1-27-7-2-3-13(10-27)24-19-14-6-8-29-11-16(14)18(25-26-19)15-5-4-12(9-17(15)28)20(21,22)23/h4-5,9,13,28H,2-3,6-8,10-11H2,1H3,(H,24,26). The minimum absolute atomic E-state index is 0.219. The summed E-state index contributed by atoms with van der Waals surface area (Å²) in [6, 6.07) is 3.16. The summed E-state index contributed by atoms with van der Waals surface area (Å²) in [6.45, 7) is 2.80. The molecular formula is C20H23F3N4O2. The third-order valence-electron chi connectivity index (χ3n) is 5.47. The first-order valence-corrected chi connectivity index (χ1v) is 9.65. The number of halogens is 3. The van der Waals surface area contributed by atoms with E-state index in [-0.39, 0.29) is 18.2 Å². The van der Waals surface area contributed by atoms with Gasteiger partial charge in [0.15, 0.2) is 5.82 Å². The van der Waals surface area contributed by atoms with Gasteiger partial charge in [-0.2, -0.15) is 13.2 Å². The molecule has 2 aromatic rings. The second-order valence-corrected chi connectivity index (χ2v) is 7.63. The number of hydrogen-bond donors (Lipinski definition) is 2. The molecular weight excluding hydrogens is 385 g/mol. The highest BCUT2D eigenvalue weighted by Gasteiger charge is 2.32. The van der Waals surface area contributed by atoms with Crippen molar-refractivity contribution in [1.82, 2.24) is 15.1 Å². The van der Waals surface area contributed by atoms with E-state index in [9.17, 15) is 18.3 Å². The molecule has 0 bridgehead atoms. The second-order valence-electron chi connectivity index (χ2n) is 7.63.